The van der Waals surface area contributed by atoms with Gasteiger partial charge in [-0.2, -0.15) is 14.6 Å². The van der Waals surface area contributed by atoms with Crippen molar-refractivity contribution in [3.05, 3.63) is 65.4 Å². The van der Waals surface area contributed by atoms with Gasteiger partial charge < -0.3 is 9.73 Å². The number of nitriles is 1. The third-order valence-electron chi connectivity index (χ3n) is 5.48. The highest BCUT2D eigenvalue weighted by Crippen LogP contribution is 2.31. The van der Waals surface area contributed by atoms with Crippen LogP contribution in [0.1, 0.15) is 29.7 Å². The summed E-state index contributed by atoms with van der Waals surface area (Å²) in [5.41, 5.74) is 3.08. The second kappa shape index (κ2) is 7.27. The lowest BCUT2D eigenvalue weighted by Gasteiger charge is -2.28. The van der Waals surface area contributed by atoms with E-state index in [-0.39, 0.29) is 10.6 Å². The molecule has 0 amide bonds. The molecule has 0 bridgehead atoms. The normalized spacial score (nSPS) is 16.6. The molecule has 2 heterocycles. The number of hydrogen-bond acceptors (Lipinski definition) is 6. The molecule has 8 heteroatoms. The second-order valence-electron chi connectivity index (χ2n) is 7.61. The lowest BCUT2D eigenvalue weighted by Crippen LogP contribution is -2.35. The van der Waals surface area contributed by atoms with E-state index in [1.807, 2.05) is 30.3 Å². The van der Waals surface area contributed by atoms with Crippen molar-refractivity contribution in [1.82, 2.24) is 9.29 Å². The minimum absolute atomic E-state index is 0.209. The molecule has 2 aliphatic rings. The van der Waals surface area contributed by atoms with Gasteiger partial charge in [-0.1, -0.05) is 24.3 Å². The Balaban J connectivity index is 1.38. The average Bonchev–Trinajstić information content (AvgIpc) is 3.50. The molecule has 2 aromatic carbocycles. The van der Waals surface area contributed by atoms with Crippen LogP contribution in [0.2, 0.25) is 0 Å². The summed E-state index contributed by atoms with van der Waals surface area (Å²) < 4.78 is 33.5. The zero-order valence-electron chi connectivity index (χ0n) is 16.2. The Hall–Kier alpha value is -3.15. The van der Waals surface area contributed by atoms with Gasteiger partial charge in [-0.05, 0) is 54.7 Å². The number of hydrogen-bond donors (Lipinski definition) is 1. The third-order valence-corrected chi connectivity index (χ3v) is 7.34. The molecule has 30 heavy (non-hydrogen) atoms. The van der Waals surface area contributed by atoms with Crippen LogP contribution in [0.4, 0.5) is 5.88 Å². The van der Waals surface area contributed by atoms with Crippen molar-refractivity contribution in [2.45, 2.75) is 36.7 Å². The standard InChI is InChI=1S/C22H20N4O3S/c23-13-20-22(24-18-7-8-18)29-21(25-20)16-5-9-19(10-6-16)30(27,28)26-12-11-15-3-1-2-4-17(15)14-26/h1-6,9-10,18,24H,7-8,11-12,14H2. The molecule has 1 N–H and O–H groups in total. The van der Waals surface area contributed by atoms with Gasteiger partial charge in [0.05, 0.1) is 4.90 Å². The maximum atomic E-state index is 13.1. The van der Waals surface area contributed by atoms with Crippen molar-refractivity contribution in [1.29, 1.82) is 5.26 Å². The number of rotatable bonds is 5. The molecule has 1 aliphatic carbocycles. The first-order chi connectivity index (χ1) is 14.5. The van der Waals surface area contributed by atoms with Crippen LogP contribution in [0.25, 0.3) is 11.5 Å². The van der Waals surface area contributed by atoms with Crippen LogP contribution in [0.3, 0.4) is 0 Å². The first-order valence-corrected chi connectivity index (χ1v) is 11.3. The summed E-state index contributed by atoms with van der Waals surface area (Å²) in [6, 6.07) is 16.8. The molecule has 1 aliphatic heterocycles. The van der Waals surface area contributed by atoms with E-state index in [1.165, 1.54) is 9.87 Å². The van der Waals surface area contributed by atoms with Gasteiger partial charge in [0, 0.05) is 24.7 Å². The lowest BCUT2D eigenvalue weighted by atomic mass is 10.0. The van der Waals surface area contributed by atoms with Crippen LogP contribution in [-0.4, -0.2) is 30.3 Å². The quantitative estimate of drug-likeness (QED) is 0.678. The molecule has 0 spiro atoms. The molecule has 3 aromatic rings. The van der Waals surface area contributed by atoms with Gasteiger partial charge in [-0.3, -0.25) is 0 Å². The van der Waals surface area contributed by atoms with Crippen molar-refractivity contribution < 1.29 is 12.8 Å². The Morgan fingerprint density at radius 2 is 1.83 bits per heavy atom. The van der Waals surface area contributed by atoms with E-state index in [0.29, 0.717) is 42.9 Å². The number of aromatic nitrogens is 1. The molecule has 0 atom stereocenters. The molecule has 1 fully saturated rings. The summed E-state index contributed by atoms with van der Waals surface area (Å²) in [5.74, 6) is 0.671. The van der Waals surface area contributed by atoms with Gasteiger partial charge in [0.15, 0.2) is 0 Å². The summed E-state index contributed by atoms with van der Waals surface area (Å²) in [5, 5.41) is 12.4. The summed E-state index contributed by atoms with van der Waals surface area (Å²) in [4.78, 5) is 4.47. The molecule has 0 saturated heterocycles. The molecule has 1 aromatic heterocycles. The van der Waals surface area contributed by atoms with Crippen LogP contribution >= 0.6 is 0 Å². The van der Waals surface area contributed by atoms with Crippen LogP contribution in [0.5, 0.6) is 0 Å². The molecule has 0 radical (unpaired) electrons. The average molecular weight is 420 g/mol. The number of sulfonamides is 1. The smallest absolute Gasteiger partial charge is 0.243 e. The summed E-state index contributed by atoms with van der Waals surface area (Å²) in [6.45, 7) is 0.838. The molecular weight excluding hydrogens is 400 g/mol. The van der Waals surface area contributed by atoms with Crippen molar-refractivity contribution >= 4 is 15.9 Å². The van der Waals surface area contributed by atoms with Crippen LogP contribution in [-0.2, 0) is 23.0 Å². The maximum Gasteiger partial charge on any atom is 0.243 e. The summed E-state index contributed by atoms with van der Waals surface area (Å²) in [7, 11) is -3.60. The van der Waals surface area contributed by atoms with Crippen molar-refractivity contribution in [3.8, 4) is 17.5 Å². The van der Waals surface area contributed by atoms with Crippen LogP contribution in [0, 0.1) is 11.3 Å². The van der Waals surface area contributed by atoms with Crippen LogP contribution < -0.4 is 5.32 Å². The number of nitrogens with zero attached hydrogens (tertiary/aromatic N) is 3. The topological polar surface area (TPSA) is 99.2 Å². The van der Waals surface area contributed by atoms with Gasteiger partial charge in [-0.15, -0.1) is 0 Å². The van der Waals surface area contributed by atoms with E-state index < -0.39 is 10.0 Å². The van der Waals surface area contributed by atoms with Gasteiger partial charge in [0.1, 0.15) is 6.07 Å². The SMILES string of the molecule is N#Cc1nc(-c2ccc(S(=O)(=O)N3CCc4ccccc4C3)cc2)oc1NC1CC1. The van der Waals surface area contributed by atoms with Crippen molar-refractivity contribution in [3.63, 3.8) is 0 Å². The van der Waals surface area contributed by atoms with E-state index >= 15 is 0 Å². The monoisotopic (exact) mass is 420 g/mol. The summed E-state index contributed by atoms with van der Waals surface area (Å²) >= 11 is 0. The Morgan fingerprint density at radius 1 is 1.10 bits per heavy atom. The van der Waals surface area contributed by atoms with E-state index in [9.17, 15) is 13.7 Å². The Kier molecular flexibility index (Phi) is 4.57. The molecule has 0 unspecified atom stereocenters. The maximum absolute atomic E-state index is 13.1. The highest BCUT2D eigenvalue weighted by Gasteiger charge is 2.29. The molecular formula is C22H20N4O3S. The molecule has 1 saturated carbocycles. The van der Waals surface area contributed by atoms with Crippen molar-refractivity contribution in [2.75, 3.05) is 11.9 Å². The fraction of sp³-hybridized carbons (Fsp3) is 0.273. The second-order valence-corrected chi connectivity index (χ2v) is 9.55. The Morgan fingerprint density at radius 3 is 2.53 bits per heavy atom. The fourth-order valence-electron chi connectivity index (χ4n) is 3.62. The number of fused-ring (bicyclic) bond motifs is 1. The van der Waals surface area contributed by atoms with Gasteiger partial charge in [0.25, 0.3) is 0 Å². The summed E-state index contributed by atoms with van der Waals surface area (Å²) in [6.07, 6.45) is 2.81. The largest absolute Gasteiger partial charge is 0.419 e. The van der Waals surface area contributed by atoms with Crippen molar-refractivity contribution in [2.24, 2.45) is 0 Å². The van der Waals surface area contributed by atoms with E-state index in [4.69, 9.17) is 4.42 Å². The fourth-order valence-corrected chi connectivity index (χ4v) is 5.04. The van der Waals surface area contributed by atoms with Gasteiger partial charge in [0.2, 0.25) is 27.5 Å². The number of benzene rings is 2. The van der Waals surface area contributed by atoms with E-state index in [2.05, 4.69) is 10.3 Å². The molecule has 5 rings (SSSR count). The predicted octanol–water partition coefficient (Wildman–Crippen LogP) is 3.53. The highest BCUT2D eigenvalue weighted by atomic mass is 32.2. The minimum atomic E-state index is -3.60. The van der Waals surface area contributed by atoms with Crippen LogP contribution in [0.15, 0.2) is 57.8 Å². The molecule has 7 nitrogen and oxygen atoms in total. The number of nitrogens with one attached hydrogen (secondary N) is 1. The highest BCUT2D eigenvalue weighted by molar-refractivity contribution is 7.89. The molecule has 152 valence electrons. The lowest BCUT2D eigenvalue weighted by molar-refractivity contribution is 0.391. The Bertz CT molecular complexity index is 1240. The zero-order chi connectivity index (χ0) is 20.7. The Labute approximate surface area is 175 Å². The minimum Gasteiger partial charge on any atom is -0.419 e. The number of oxazole rings is 1. The zero-order valence-corrected chi connectivity index (χ0v) is 17.0. The van der Waals surface area contributed by atoms with E-state index in [1.54, 1.807) is 24.3 Å². The van der Waals surface area contributed by atoms with E-state index in [0.717, 1.165) is 18.4 Å². The first kappa shape index (κ1) is 18.9. The third kappa shape index (κ3) is 3.47. The van der Waals surface area contributed by atoms with Gasteiger partial charge >= 0.3 is 0 Å². The van der Waals surface area contributed by atoms with Gasteiger partial charge in [-0.25, -0.2) is 8.42 Å². The number of anilines is 1. The first-order valence-electron chi connectivity index (χ1n) is 9.89. The predicted molar refractivity (Wildman–Crippen MR) is 111 cm³/mol.